The Kier molecular flexibility index (Phi) is 6.40. The van der Waals surface area contributed by atoms with Crippen molar-refractivity contribution >= 4 is 16.9 Å². The smallest absolute Gasteiger partial charge is 0.255 e. The van der Waals surface area contributed by atoms with Crippen LogP contribution in [0.4, 0.5) is 0 Å². The second kappa shape index (κ2) is 9.56. The van der Waals surface area contributed by atoms with Crippen molar-refractivity contribution < 1.29 is 14.3 Å². The zero-order valence-corrected chi connectivity index (χ0v) is 18.6. The third-order valence-corrected chi connectivity index (χ3v) is 5.40. The fourth-order valence-electron chi connectivity index (χ4n) is 3.80. The summed E-state index contributed by atoms with van der Waals surface area (Å²) in [7, 11) is 1.56. The number of hydrogen-bond acceptors (Lipinski definition) is 4. The van der Waals surface area contributed by atoms with Crippen molar-refractivity contribution in [3.8, 4) is 11.5 Å². The van der Waals surface area contributed by atoms with Gasteiger partial charge in [0.2, 0.25) is 0 Å². The Morgan fingerprint density at radius 1 is 1.00 bits per heavy atom. The zero-order chi connectivity index (χ0) is 22.5. The molecule has 32 heavy (non-hydrogen) atoms. The summed E-state index contributed by atoms with van der Waals surface area (Å²) in [4.78, 5) is 17.5. The number of rotatable bonds is 8. The number of nitrogens with zero attached hydrogens (tertiary/aromatic N) is 2. The van der Waals surface area contributed by atoms with E-state index in [4.69, 9.17) is 14.5 Å². The van der Waals surface area contributed by atoms with Gasteiger partial charge in [-0.15, -0.1) is 0 Å². The van der Waals surface area contributed by atoms with Crippen LogP contribution in [0.15, 0.2) is 66.7 Å². The molecule has 0 radical (unpaired) electrons. The molecule has 0 spiro atoms. The minimum atomic E-state index is -0.201. The largest absolute Gasteiger partial charge is 0.496 e. The van der Waals surface area contributed by atoms with Gasteiger partial charge in [0.1, 0.15) is 23.9 Å². The second-order valence-corrected chi connectivity index (χ2v) is 7.67. The molecule has 1 amide bonds. The molecule has 1 aromatic heterocycles. The monoisotopic (exact) mass is 429 g/mol. The minimum Gasteiger partial charge on any atom is -0.496 e. The van der Waals surface area contributed by atoms with E-state index in [1.807, 2.05) is 55.5 Å². The standard InChI is InChI=1S/C26H27N3O3/c1-18-12-13-23(19(2)16-18)32-15-14-29-22-10-6-5-9-21(22)28-25(29)17-27-26(30)20-8-4-7-11-24(20)31-3/h4-13,16H,14-15,17H2,1-3H3,(H,27,30). The van der Waals surface area contributed by atoms with Gasteiger partial charge in [-0.05, 0) is 49.7 Å². The molecule has 3 aromatic carbocycles. The molecule has 6 nitrogen and oxygen atoms in total. The van der Waals surface area contributed by atoms with Crippen molar-refractivity contribution in [3.63, 3.8) is 0 Å². The van der Waals surface area contributed by atoms with E-state index < -0.39 is 0 Å². The zero-order valence-electron chi connectivity index (χ0n) is 18.6. The molecule has 164 valence electrons. The van der Waals surface area contributed by atoms with E-state index in [1.165, 1.54) is 5.56 Å². The Balaban J connectivity index is 1.50. The Morgan fingerprint density at radius 3 is 2.59 bits per heavy atom. The number of carbonyl (C=O) groups excluding carboxylic acids is 1. The quantitative estimate of drug-likeness (QED) is 0.442. The van der Waals surface area contributed by atoms with Crippen molar-refractivity contribution in [2.75, 3.05) is 13.7 Å². The molecule has 1 N–H and O–H groups in total. The number of hydrogen-bond donors (Lipinski definition) is 1. The number of fused-ring (bicyclic) bond motifs is 1. The molecule has 0 unspecified atom stereocenters. The Bertz CT molecular complexity index is 1250. The van der Waals surface area contributed by atoms with E-state index in [9.17, 15) is 4.79 Å². The van der Waals surface area contributed by atoms with Gasteiger partial charge < -0.3 is 19.4 Å². The van der Waals surface area contributed by atoms with Gasteiger partial charge in [-0.1, -0.05) is 42.0 Å². The van der Waals surface area contributed by atoms with Gasteiger partial charge in [-0.25, -0.2) is 4.98 Å². The van der Waals surface area contributed by atoms with Crippen LogP contribution in [0.2, 0.25) is 0 Å². The highest BCUT2D eigenvalue weighted by molar-refractivity contribution is 5.96. The van der Waals surface area contributed by atoms with E-state index >= 15 is 0 Å². The van der Waals surface area contributed by atoms with Crippen LogP contribution in [0.25, 0.3) is 11.0 Å². The number of nitrogens with one attached hydrogen (secondary N) is 1. The molecule has 4 rings (SSSR count). The van der Waals surface area contributed by atoms with Gasteiger partial charge in [0.15, 0.2) is 0 Å². The molecule has 0 bridgehead atoms. The Labute approximate surface area is 187 Å². The van der Waals surface area contributed by atoms with Crippen LogP contribution in [0, 0.1) is 13.8 Å². The predicted molar refractivity (Wildman–Crippen MR) is 125 cm³/mol. The lowest BCUT2D eigenvalue weighted by molar-refractivity contribution is 0.0946. The number of benzene rings is 3. The number of carbonyl (C=O) groups is 1. The predicted octanol–water partition coefficient (Wildman–Crippen LogP) is 4.67. The van der Waals surface area contributed by atoms with Crippen molar-refractivity contribution in [2.24, 2.45) is 0 Å². The number of aryl methyl sites for hydroxylation is 2. The second-order valence-electron chi connectivity index (χ2n) is 7.67. The highest BCUT2D eigenvalue weighted by Gasteiger charge is 2.15. The van der Waals surface area contributed by atoms with E-state index in [-0.39, 0.29) is 5.91 Å². The molecule has 4 aromatic rings. The third kappa shape index (κ3) is 4.59. The fourth-order valence-corrected chi connectivity index (χ4v) is 3.80. The van der Waals surface area contributed by atoms with Crippen molar-refractivity contribution in [3.05, 3.63) is 89.2 Å². The molecule has 6 heteroatoms. The number of imidazole rings is 1. The SMILES string of the molecule is COc1ccccc1C(=O)NCc1nc2ccccc2n1CCOc1ccc(C)cc1C. The third-order valence-electron chi connectivity index (χ3n) is 5.40. The van der Waals surface area contributed by atoms with Crippen LogP contribution in [-0.2, 0) is 13.1 Å². The maximum Gasteiger partial charge on any atom is 0.255 e. The lowest BCUT2D eigenvalue weighted by Gasteiger charge is -2.13. The Hall–Kier alpha value is -3.80. The first kappa shape index (κ1) is 21.4. The van der Waals surface area contributed by atoms with E-state index in [0.717, 1.165) is 28.2 Å². The van der Waals surface area contributed by atoms with Crippen molar-refractivity contribution in [1.82, 2.24) is 14.9 Å². The first-order chi connectivity index (χ1) is 15.6. The number of methoxy groups -OCH3 is 1. The Morgan fingerprint density at radius 2 is 1.78 bits per heavy atom. The summed E-state index contributed by atoms with van der Waals surface area (Å²) in [6.45, 7) is 5.54. The topological polar surface area (TPSA) is 65.4 Å². The molecule has 0 fully saturated rings. The molecule has 0 atom stereocenters. The maximum atomic E-state index is 12.7. The van der Waals surface area contributed by atoms with Crippen LogP contribution in [0.3, 0.4) is 0 Å². The summed E-state index contributed by atoms with van der Waals surface area (Å²) in [5, 5.41) is 2.97. The summed E-state index contributed by atoms with van der Waals surface area (Å²) in [6, 6.07) is 21.3. The molecule has 1 heterocycles. The van der Waals surface area contributed by atoms with Crippen LogP contribution in [0.5, 0.6) is 11.5 Å². The van der Waals surface area contributed by atoms with E-state index in [0.29, 0.717) is 31.0 Å². The number of ether oxygens (including phenoxy) is 2. The maximum absolute atomic E-state index is 12.7. The summed E-state index contributed by atoms with van der Waals surface area (Å²) in [5.41, 5.74) is 4.72. The van der Waals surface area contributed by atoms with Crippen LogP contribution < -0.4 is 14.8 Å². The fraction of sp³-hybridized carbons (Fsp3) is 0.231. The molecule has 0 aliphatic carbocycles. The lowest BCUT2D eigenvalue weighted by atomic mass is 10.1. The molecular weight excluding hydrogens is 402 g/mol. The first-order valence-electron chi connectivity index (χ1n) is 10.6. The minimum absolute atomic E-state index is 0.201. The first-order valence-corrected chi connectivity index (χ1v) is 10.6. The number of amides is 1. The van der Waals surface area contributed by atoms with Crippen molar-refractivity contribution in [1.29, 1.82) is 0 Å². The van der Waals surface area contributed by atoms with Crippen LogP contribution in [-0.4, -0.2) is 29.2 Å². The normalized spacial score (nSPS) is 10.8. The summed E-state index contributed by atoms with van der Waals surface area (Å²) >= 11 is 0. The average molecular weight is 430 g/mol. The van der Waals surface area contributed by atoms with Gasteiger partial charge >= 0.3 is 0 Å². The summed E-state index contributed by atoms with van der Waals surface area (Å²) in [6.07, 6.45) is 0. The molecule has 0 saturated carbocycles. The van der Waals surface area contributed by atoms with E-state index in [2.05, 4.69) is 22.9 Å². The van der Waals surface area contributed by atoms with Gasteiger partial charge in [0.05, 0.1) is 36.8 Å². The van der Waals surface area contributed by atoms with Gasteiger partial charge in [-0.2, -0.15) is 0 Å². The number of para-hydroxylation sites is 3. The van der Waals surface area contributed by atoms with Gasteiger partial charge in [-0.3, -0.25) is 4.79 Å². The van der Waals surface area contributed by atoms with Crippen LogP contribution in [0.1, 0.15) is 27.3 Å². The molecule has 0 saturated heterocycles. The van der Waals surface area contributed by atoms with Gasteiger partial charge in [0.25, 0.3) is 5.91 Å². The highest BCUT2D eigenvalue weighted by atomic mass is 16.5. The van der Waals surface area contributed by atoms with Crippen molar-refractivity contribution in [2.45, 2.75) is 26.9 Å². The van der Waals surface area contributed by atoms with Gasteiger partial charge in [0, 0.05) is 0 Å². The average Bonchev–Trinajstić information content (AvgIpc) is 3.16. The lowest BCUT2D eigenvalue weighted by Crippen LogP contribution is -2.25. The molecule has 0 aliphatic heterocycles. The van der Waals surface area contributed by atoms with E-state index in [1.54, 1.807) is 19.2 Å². The molecular formula is C26H27N3O3. The summed E-state index contributed by atoms with van der Waals surface area (Å²) < 4.78 is 13.4. The van der Waals surface area contributed by atoms with Crippen LogP contribution >= 0.6 is 0 Å². The highest BCUT2D eigenvalue weighted by Crippen LogP contribution is 2.21. The summed E-state index contributed by atoms with van der Waals surface area (Å²) in [5.74, 6) is 2.00. The number of aromatic nitrogens is 2. The molecule has 0 aliphatic rings.